The molecule has 5 heteroatoms. The first kappa shape index (κ1) is 16.1. The monoisotopic (exact) mass is 307 g/mol. The Hall–Kier alpha value is 0.0700. The molecule has 18 heavy (non-hydrogen) atoms. The Morgan fingerprint density at radius 1 is 1.39 bits per heavy atom. The van der Waals surface area contributed by atoms with Gasteiger partial charge >= 0.3 is 0 Å². The number of hydrogen-bond acceptors (Lipinski definition) is 3. The van der Waals surface area contributed by atoms with E-state index in [0.717, 1.165) is 34.9 Å². The zero-order valence-electron chi connectivity index (χ0n) is 10.5. The molecule has 0 aliphatic heterocycles. The molecular weight excluding hydrogens is 289 g/mol. The van der Waals surface area contributed by atoms with Crippen LogP contribution in [0.1, 0.15) is 26.2 Å². The van der Waals surface area contributed by atoms with Gasteiger partial charge in [-0.15, -0.1) is 11.8 Å². The van der Waals surface area contributed by atoms with E-state index in [1.807, 2.05) is 13.0 Å². The highest BCUT2D eigenvalue weighted by Crippen LogP contribution is 2.30. The largest absolute Gasteiger partial charge is 0.394 e. The van der Waals surface area contributed by atoms with Crippen molar-refractivity contribution in [1.29, 1.82) is 0 Å². The van der Waals surface area contributed by atoms with Gasteiger partial charge in [0.2, 0.25) is 0 Å². The Labute approximate surface area is 123 Å². The fourth-order valence-corrected chi connectivity index (χ4v) is 3.00. The lowest BCUT2D eigenvalue weighted by Gasteiger charge is -2.25. The van der Waals surface area contributed by atoms with E-state index in [1.165, 1.54) is 0 Å². The van der Waals surface area contributed by atoms with Crippen molar-refractivity contribution in [2.75, 3.05) is 12.4 Å². The Balaban J connectivity index is 2.40. The summed E-state index contributed by atoms with van der Waals surface area (Å²) >= 11 is 13.7. The fraction of sp³-hybridized carbons (Fsp3) is 0.538. The van der Waals surface area contributed by atoms with E-state index in [2.05, 4.69) is 0 Å². The zero-order valence-corrected chi connectivity index (χ0v) is 12.8. The smallest absolute Gasteiger partial charge is 0.0611 e. The van der Waals surface area contributed by atoms with Crippen molar-refractivity contribution >= 4 is 35.0 Å². The minimum Gasteiger partial charge on any atom is -0.394 e. The quantitative estimate of drug-likeness (QED) is 0.592. The molecule has 1 aromatic rings. The lowest BCUT2D eigenvalue weighted by Crippen LogP contribution is -2.42. The third-order valence-electron chi connectivity index (χ3n) is 2.99. The molecule has 1 rings (SSSR count). The molecule has 0 bridgehead atoms. The van der Waals surface area contributed by atoms with Gasteiger partial charge in [0.1, 0.15) is 0 Å². The number of halogens is 2. The van der Waals surface area contributed by atoms with Crippen LogP contribution in [-0.4, -0.2) is 23.0 Å². The summed E-state index contributed by atoms with van der Waals surface area (Å²) in [6, 6.07) is 5.46. The molecule has 0 heterocycles. The Kier molecular flexibility index (Phi) is 6.82. The first-order valence-corrected chi connectivity index (χ1v) is 7.72. The molecule has 1 atom stereocenters. The summed E-state index contributed by atoms with van der Waals surface area (Å²) in [6.45, 7) is 2.03. The standard InChI is InChI=1S/C13H19Cl2NOS/c1-2-13(16,9-17)6-3-7-18-12-8-10(14)4-5-11(12)15/h4-5,8,17H,2-3,6-7,9,16H2,1H3. The van der Waals surface area contributed by atoms with Gasteiger partial charge in [-0.25, -0.2) is 0 Å². The van der Waals surface area contributed by atoms with E-state index >= 15 is 0 Å². The average molecular weight is 308 g/mol. The van der Waals surface area contributed by atoms with Gasteiger partial charge in [-0.05, 0) is 43.2 Å². The zero-order chi connectivity index (χ0) is 13.6. The van der Waals surface area contributed by atoms with Gasteiger partial charge in [0, 0.05) is 15.5 Å². The average Bonchev–Trinajstić information content (AvgIpc) is 2.38. The minimum atomic E-state index is -0.446. The number of nitrogens with two attached hydrogens (primary N) is 1. The van der Waals surface area contributed by atoms with Gasteiger partial charge < -0.3 is 10.8 Å². The van der Waals surface area contributed by atoms with Crippen LogP contribution in [0.2, 0.25) is 10.0 Å². The third-order valence-corrected chi connectivity index (χ3v) is 4.81. The molecule has 0 spiro atoms. The van der Waals surface area contributed by atoms with Crippen molar-refractivity contribution in [3.63, 3.8) is 0 Å². The van der Waals surface area contributed by atoms with Crippen molar-refractivity contribution in [2.45, 2.75) is 36.6 Å². The molecule has 3 N–H and O–H groups in total. The maximum absolute atomic E-state index is 9.21. The molecule has 0 saturated heterocycles. The number of aliphatic hydroxyl groups excluding tert-OH is 1. The molecule has 0 aromatic heterocycles. The maximum Gasteiger partial charge on any atom is 0.0611 e. The van der Waals surface area contributed by atoms with Crippen molar-refractivity contribution in [2.24, 2.45) is 5.73 Å². The van der Waals surface area contributed by atoms with Gasteiger partial charge in [-0.1, -0.05) is 30.1 Å². The summed E-state index contributed by atoms with van der Waals surface area (Å²) < 4.78 is 0. The molecule has 1 aromatic carbocycles. The third kappa shape index (κ3) is 4.98. The molecule has 0 fully saturated rings. The van der Waals surface area contributed by atoms with E-state index in [9.17, 15) is 5.11 Å². The van der Waals surface area contributed by atoms with Gasteiger partial charge in [0.05, 0.1) is 11.6 Å². The highest BCUT2D eigenvalue weighted by Gasteiger charge is 2.20. The second kappa shape index (κ2) is 7.61. The first-order chi connectivity index (χ1) is 8.50. The Morgan fingerprint density at radius 3 is 2.72 bits per heavy atom. The van der Waals surface area contributed by atoms with Crippen molar-refractivity contribution in [3.05, 3.63) is 28.2 Å². The van der Waals surface area contributed by atoms with Gasteiger partial charge in [-0.2, -0.15) is 0 Å². The predicted octanol–water partition coefficient (Wildman–Crippen LogP) is 3.97. The summed E-state index contributed by atoms with van der Waals surface area (Å²) in [7, 11) is 0. The molecular formula is C13H19Cl2NOS. The normalized spacial score (nSPS) is 14.5. The van der Waals surface area contributed by atoms with Gasteiger partial charge in [0.25, 0.3) is 0 Å². The van der Waals surface area contributed by atoms with E-state index in [-0.39, 0.29) is 6.61 Å². The van der Waals surface area contributed by atoms with Gasteiger partial charge in [0.15, 0.2) is 0 Å². The molecule has 0 aliphatic carbocycles. The maximum atomic E-state index is 9.21. The first-order valence-electron chi connectivity index (χ1n) is 5.98. The SMILES string of the molecule is CCC(N)(CO)CCCSc1cc(Cl)ccc1Cl. The van der Waals surface area contributed by atoms with Crippen LogP contribution in [0.3, 0.4) is 0 Å². The molecule has 0 aliphatic rings. The van der Waals surface area contributed by atoms with Crippen LogP contribution in [0.4, 0.5) is 0 Å². The van der Waals surface area contributed by atoms with E-state index in [1.54, 1.807) is 23.9 Å². The number of aliphatic hydroxyl groups is 1. The Bertz CT molecular complexity index is 383. The summed E-state index contributed by atoms with van der Waals surface area (Å²) in [6.07, 6.45) is 2.54. The van der Waals surface area contributed by atoms with Crippen LogP contribution in [0, 0.1) is 0 Å². The number of benzene rings is 1. The second-order valence-corrected chi connectivity index (χ2v) is 6.38. The van der Waals surface area contributed by atoms with Crippen LogP contribution in [-0.2, 0) is 0 Å². The lowest BCUT2D eigenvalue weighted by molar-refractivity contribution is 0.182. The van der Waals surface area contributed by atoms with Crippen LogP contribution >= 0.6 is 35.0 Å². The van der Waals surface area contributed by atoms with E-state index < -0.39 is 5.54 Å². The molecule has 0 radical (unpaired) electrons. The van der Waals surface area contributed by atoms with Crippen LogP contribution in [0.25, 0.3) is 0 Å². The summed E-state index contributed by atoms with van der Waals surface area (Å²) in [4.78, 5) is 0.993. The number of hydrogen-bond donors (Lipinski definition) is 2. The molecule has 102 valence electrons. The Morgan fingerprint density at radius 2 is 2.11 bits per heavy atom. The van der Waals surface area contributed by atoms with Crippen molar-refractivity contribution < 1.29 is 5.11 Å². The molecule has 0 saturated carbocycles. The van der Waals surface area contributed by atoms with Crippen LogP contribution < -0.4 is 5.73 Å². The van der Waals surface area contributed by atoms with E-state index in [4.69, 9.17) is 28.9 Å². The lowest BCUT2D eigenvalue weighted by atomic mass is 9.93. The summed E-state index contributed by atoms with van der Waals surface area (Å²) in [5.41, 5.74) is 5.58. The fourth-order valence-electron chi connectivity index (χ4n) is 1.56. The molecule has 1 unspecified atom stereocenters. The molecule has 0 amide bonds. The predicted molar refractivity (Wildman–Crippen MR) is 80.7 cm³/mol. The highest BCUT2D eigenvalue weighted by molar-refractivity contribution is 7.99. The number of rotatable bonds is 7. The summed E-state index contributed by atoms with van der Waals surface area (Å²) in [5, 5.41) is 10.6. The van der Waals surface area contributed by atoms with Crippen molar-refractivity contribution in [3.8, 4) is 0 Å². The van der Waals surface area contributed by atoms with Crippen molar-refractivity contribution in [1.82, 2.24) is 0 Å². The highest BCUT2D eigenvalue weighted by atomic mass is 35.5. The topological polar surface area (TPSA) is 46.2 Å². The number of thioether (sulfide) groups is 1. The van der Waals surface area contributed by atoms with Crippen LogP contribution in [0.15, 0.2) is 23.1 Å². The summed E-state index contributed by atoms with van der Waals surface area (Å²) in [5.74, 6) is 0.916. The second-order valence-electron chi connectivity index (χ2n) is 4.40. The molecule has 2 nitrogen and oxygen atoms in total. The van der Waals surface area contributed by atoms with E-state index in [0.29, 0.717) is 5.02 Å². The minimum absolute atomic E-state index is 0.0338. The van der Waals surface area contributed by atoms with Crippen LogP contribution in [0.5, 0.6) is 0 Å². The van der Waals surface area contributed by atoms with Gasteiger partial charge in [-0.3, -0.25) is 0 Å².